The first-order chi connectivity index (χ1) is 5.29. The molecular weight excluding hydrogens is 144 g/mol. The van der Waals surface area contributed by atoms with E-state index in [0.717, 1.165) is 11.8 Å². The zero-order valence-corrected chi connectivity index (χ0v) is 5.86. The predicted molar refractivity (Wildman–Crippen MR) is 39.2 cm³/mol. The number of carbonyl (C=O) groups is 1. The second-order valence-corrected chi connectivity index (χ2v) is 2.02. The monoisotopic (exact) mass is 152 g/mol. The number of aliphatic carboxylic acids is 1. The van der Waals surface area contributed by atoms with Gasteiger partial charge in [0, 0.05) is 12.5 Å². The largest absolute Gasteiger partial charge is 0.478 e. The van der Waals surface area contributed by atoms with Gasteiger partial charge in [-0.25, -0.2) is 4.79 Å². The summed E-state index contributed by atoms with van der Waals surface area (Å²) in [5, 5.41) is 8.22. The fraction of sp³-hybridized carbons (Fsp3) is 0.125. The zero-order chi connectivity index (χ0) is 8.10. The highest BCUT2D eigenvalue weighted by atomic mass is 16.4. The molecule has 1 rings (SSSR count). The molecule has 1 aromatic heterocycles. The van der Waals surface area contributed by atoms with Crippen molar-refractivity contribution in [1.82, 2.24) is 0 Å². The van der Waals surface area contributed by atoms with Crippen LogP contribution in [0.1, 0.15) is 5.76 Å². The van der Waals surface area contributed by atoms with E-state index in [1.807, 2.05) is 0 Å². The Morgan fingerprint density at radius 3 is 3.09 bits per heavy atom. The summed E-state index contributed by atoms with van der Waals surface area (Å²) < 4.78 is 4.97. The molecule has 58 valence electrons. The molecule has 0 bridgehead atoms. The fourth-order valence-electron chi connectivity index (χ4n) is 0.705. The molecule has 0 aliphatic carbocycles. The van der Waals surface area contributed by atoms with Gasteiger partial charge in [0.1, 0.15) is 5.76 Å². The van der Waals surface area contributed by atoms with E-state index >= 15 is 0 Å². The molecule has 0 amide bonds. The van der Waals surface area contributed by atoms with Crippen molar-refractivity contribution in [2.45, 2.75) is 6.42 Å². The van der Waals surface area contributed by atoms with Gasteiger partial charge in [-0.2, -0.15) is 0 Å². The van der Waals surface area contributed by atoms with Crippen molar-refractivity contribution in [3.8, 4) is 0 Å². The Morgan fingerprint density at radius 2 is 2.55 bits per heavy atom. The third kappa shape index (κ3) is 2.71. The van der Waals surface area contributed by atoms with Crippen molar-refractivity contribution < 1.29 is 14.3 Å². The summed E-state index contributed by atoms with van der Waals surface area (Å²) in [6.45, 7) is 0. The molecule has 0 aliphatic heterocycles. The van der Waals surface area contributed by atoms with E-state index in [-0.39, 0.29) is 0 Å². The van der Waals surface area contributed by atoms with E-state index in [9.17, 15) is 4.79 Å². The molecule has 0 saturated carbocycles. The highest BCUT2D eigenvalue weighted by molar-refractivity contribution is 5.79. The summed E-state index contributed by atoms with van der Waals surface area (Å²) in [7, 11) is 0. The second kappa shape index (κ2) is 3.61. The van der Waals surface area contributed by atoms with Crippen molar-refractivity contribution in [3.05, 3.63) is 36.3 Å². The molecule has 1 heterocycles. The first kappa shape index (κ1) is 7.60. The second-order valence-electron chi connectivity index (χ2n) is 2.02. The van der Waals surface area contributed by atoms with Crippen molar-refractivity contribution >= 4 is 5.97 Å². The van der Waals surface area contributed by atoms with Gasteiger partial charge in [0.05, 0.1) is 6.26 Å². The molecule has 0 aromatic carbocycles. The third-order valence-corrected chi connectivity index (χ3v) is 1.16. The Labute approximate surface area is 64.0 Å². The fourth-order valence-corrected chi connectivity index (χ4v) is 0.705. The molecule has 0 saturated heterocycles. The lowest BCUT2D eigenvalue weighted by molar-refractivity contribution is -0.131. The van der Waals surface area contributed by atoms with Gasteiger partial charge in [-0.15, -0.1) is 0 Å². The van der Waals surface area contributed by atoms with Gasteiger partial charge in [0.2, 0.25) is 0 Å². The molecule has 0 radical (unpaired) electrons. The molecular formula is C8H8O3. The quantitative estimate of drug-likeness (QED) is 0.667. The molecule has 3 heteroatoms. The van der Waals surface area contributed by atoms with Gasteiger partial charge < -0.3 is 9.52 Å². The van der Waals surface area contributed by atoms with Crippen LogP contribution in [-0.4, -0.2) is 11.1 Å². The van der Waals surface area contributed by atoms with E-state index in [1.54, 1.807) is 24.5 Å². The summed E-state index contributed by atoms with van der Waals surface area (Å²) in [5.41, 5.74) is 0. The average Bonchev–Trinajstić information content (AvgIpc) is 2.39. The predicted octanol–water partition coefficient (Wildman–Crippen LogP) is 1.46. The Morgan fingerprint density at radius 1 is 1.73 bits per heavy atom. The minimum atomic E-state index is -0.934. The lowest BCUT2D eigenvalue weighted by Gasteiger charge is -1.84. The Kier molecular flexibility index (Phi) is 2.49. The van der Waals surface area contributed by atoms with Crippen LogP contribution in [0.5, 0.6) is 0 Å². The molecule has 1 aromatic rings. The highest BCUT2D eigenvalue weighted by Crippen LogP contribution is 2.00. The van der Waals surface area contributed by atoms with Gasteiger partial charge >= 0.3 is 5.97 Å². The molecule has 0 unspecified atom stereocenters. The van der Waals surface area contributed by atoms with Gasteiger partial charge in [-0.05, 0) is 12.1 Å². The minimum Gasteiger partial charge on any atom is -0.478 e. The van der Waals surface area contributed by atoms with E-state index in [0.29, 0.717) is 6.42 Å². The lowest BCUT2D eigenvalue weighted by Crippen LogP contribution is -1.86. The maximum Gasteiger partial charge on any atom is 0.327 e. The molecule has 11 heavy (non-hydrogen) atoms. The summed E-state index contributed by atoms with van der Waals surface area (Å²) in [6, 6.07) is 3.57. The lowest BCUT2D eigenvalue weighted by atomic mass is 10.3. The third-order valence-electron chi connectivity index (χ3n) is 1.16. The van der Waals surface area contributed by atoms with Crippen LogP contribution in [0.4, 0.5) is 0 Å². The van der Waals surface area contributed by atoms with Crippen LogP contribution in [0, 0.1) is 0 Å². The van der Waals surface area contributed by atoms with Crippen LogP contribution < -0.4 is 0 Å². The normalized spacial score (nSPS) is 10.5. The Hall–Kier alpha value is -1.51. The summed E-state index contributed by atoms with van der Waals surface area (Å²) in [4.78, 5) is 10.0. The average molecular weight is 152 g/mol. The van der Waals surface area contributed by atoms with E-state index in [4.69, 9.17) is 9.52 Å². The highest BCUT2D eigenvalue weighted by Gasteiger charge is 1.90. The van der Waals surface area contributed by atoms with Crippen LogP contribution in [-0.2, 0) is 11.2 Å². The molecule has 0 fully saturated rings. The van der Waals surface area contributed by atoms with Crippen LogP contribution in [0.15, 0.2) is 35.0 Å². The SMILES string of the molecule is O=C(O)/C=C\Cc1ccco1. The van der Waals surface area contributed by atoms with Crippen LogP contribution >= 0.6 is 0 Å². The number of carboxylic acids is 1. The Balaban J connectivity index is 2.40. The topological polar surface area (TPSA) is 50.4 Å². The van der Waals surface area contributed by atoms with Crippen LogP contribution in [0.2, 0.25) is 0 Å². The number of furan rings is 1. The van der Waals surface area contributed by atoms with Crippen molar-refractivity contribution in [3.63, 3.8) is 0 Å². The van der Waals surface area contributed by atoms with Crippen LogP contribution in [0.25, 0.3) is 0 Å². The smallest absolute Gasteiger partial charge is 0.327 e. The number of hydrogen-bond donors (Lipinski definition) is 1. The number of rotatable bonds is 3. The van der Waals surface area contributed by atoms with Crippen molar-refractivity contribution in [2.24, 2.45) is 0 Å². The molecule has 0 spiro atoms. The first-order valence-corrected chi connectivity index (χ1v) is 3.21. The van der Waals surface area contributed by atoms with Crippen molar-refractivity contribution in [2.75, 3.05) is 0 Å². The number of hydrogen-bond acceptors (Lipinski definition) is 2. The first-order valence-electron chi connectivity index (χ1n) is 3.21. The molecule has 0 atom stereocenters. The number of allylic oxidation sites excluding steroid dienone is 1. The standard InChI is InChI=1S/C8H8O3/c9-8(10)5-1-3-7-4-2-6-11-7/h1-2,4-6H,3H2,(H,9,10)/b5-1-. The minimum absolute atomic E-state index is 0.527. The summed E-state index contributed by atoms with van der Waals surface area (Å²) in [6.07, 6.45) is 4.73. The maximum absolute atomic E-state index is 10.0. The zero-order valence-electron chi connectivity index (χ0n) is 5.86. The van der Waals surface area contributed by atoms with E-state index in [1.165, 1.54) is 0 Å². The Bertz CT molecular complexity index is 246. The number of carboxylic acid groups (broad SMARTS) is 1. The molecule has 0 aliphatic rings. The van der Waals surface area contributed by atoms with Crippen LogP contribution in [0.3, 0.4) is 0 Å². The van der Waals surface area contributed by atoms with Crippen molar-refractivity contribution in [1.29, 1.82) is 0 Å². The van der Waals surface area contributed by atoms with Gasteiger partial charge in [-0.1, -0.05) is 6.08 Å². The van der Waals surface area contributed by atoms with Gasteiger partial charge in [-0.3, -0.25) is 0 Å². The summed E-state index contributed by atoms with van der Waals surface area (Å²) >= 11 is 0. The van der Waals surface area contributed by atoms with E-state index < -0.39 is 5.97 Å². The maximum atomic E-state index is 10.0. The summed E-state index contributed by atoms with van der Waals surface area (Å²) in [5.74, 6) is -0.168. The molecule has 3 nitrogen and oxygen atoms in total. The van der Waals surface area contributed by atoms with Gasteiger partial charge in [0.25, 0.3) is 0 Å². The van der Waals surface area contributed by atoms with E-state index in [2.05, 4.69) is 0 Å². The van der Waals surface area contributed by atoms with Gasteiger partial charge in [0.15, 0.2) is 0 Å². The molecule has 1 N–H and O–H groups in total.